The van der Waals surface area contributed by atoms with Gasteiger partial charge in [0.2, 0.25) is 0 Å². The van der Waals surface area contributed by atoms with Gasteiger partial charge in [-0.15, -0.1) is 0 Å². The zero-order chi connectivity index (χ0) is 12.9. The smallest absolute Gasteiger partial charge is 0.0783 e. The molecule has 2 nitrogen and oxygen atoms in total. The molecule has 0 aromatic heterocycles. The van der Waals surface area contributed by atoms with E-state index in [0.29, 0.717) is 11.8 Å². The average molecular weight is 282 g/mol. The molecule has 0 bridgehead atoms. The van der Waals surface area contributed by atoms with Crippen molar-refractivity contribution in [3.63, 3.8) is 0 Å². The van der Waals surface area contributed by atoms with Crippen LogP contribution in [0.3, 0.4) is 0 Å². The summed E-state index contributed by atoms with van der Waals surface area (Å²) in [5.74, 6) is 5.33. The SMILES string of the molecule is OC(C1CCOC2(CCSC2)C1)C1C2CCCCC21. The fraction of sp³-hybridized carbons (Fsp3) is 1.00. The van der Waals surface area contributed by atoms with Gasteiger partial charge in [0.05, 0.1) is 11.7 Å². The van der Waals surface area contributed by atoms with Crippen LogP contribution in [0.2, 0.25) is 0 Å². The first-order chi connectivity index (χ1) is 9.29. The largest absolute Gasteiger partial charge is 0.393 e. The molecule has 4 aliphatic rings. The predicted molar refractivity (Wildman–Crippen MR) is 78.3 cm³/mol. The number of aliphatic hydroxyl groups excluding tert-OH is 1. The molecule has 108 valence electrons. The Hall–Kier alpha value is 0.270. The van der Waals surface area contributed by atoms with Crippen LogP contribution in [0.15, 0.2) is 0 Å². The van der Waals surface area contributed by atoms with E-state index < -0.39 is 0 Å². The highest BCUT2D eigenvalue weighted by Crippen LogP contribution is 2.59. The Kier molecular flexibility index (Phi) is 3.36. The van der Waals surface area contributed by atoms with Crippen LogP contribution in [-0.2, 0) is 4.74 Å². The number of fused-ring (bicyclic) bond motifs is 1. The molecule has 5 unspecified atom stereocenters. The Morgan fingerprint density at radius 1 is 1.16 bits per heavy atom. The molecule has 3 heteroatoms. The van der Waals surface area contributed by atoms with E-state index in [1.54, 1.807) is 0 Å². The molecule has 0 aromatic rings. The van der Waals surface area contributed by atoms with Gasteiger partial charge in [0, 0.05) is 12.4 Å². The van der Waals surface area contributed by atoms with E-state index in [2.05, 4.69) is 0 Å². The molecule has 2 aliphatic heterocycles. The minimum Gasteiger partial charge on any atom is -0.393 e. The molecule has 4 fully saturated rings. The molecule has 2 aliphatic carbocycles. The minimum atomic E-state index is -0.0283. The Morgan fingerprint density at radius 2 is 1.95 bits per heavy atom. The summed E-state index contributed by atoms with van der Waals surface area (Å²) in [6, 6.07) is 0. The van der Waals surface area contributed by atoms with Gasteiger partial charge in [-0.1, -0.05) is 12.8 Å². The van der Waals surface area contributed by atoms with Crippen molar-refractivity contribution < 1.29 is 9.84 Å². The normalized spacial score (nSPS) is 51.0. The fourth-order valence-electron chi connectivity index (χ4n) is 5.09. The van der Waals surface area contributed by atoms with Gasteiger partial charge in [-0.3, -0.25) is 0 Å². The van der Waals surface area contributed by atoms with E-state index in [1.807, 2.05) is 11.8 Å². The summed E-state index contributed by atoms with van der Waals surface area (Å²) < 4.78 is 6.09. The van der Waals surface area contributed by atoms with Crippen LogP contribution in [0, 0.1) is 23.7 Å². The fourth-order valence-corrected chi connectivity index (χ4v) is 6.47. The van der Waals surface area contributed by atoms with Crippen molar-refractivity contribution in [1.29, 1.82) is 0 Å². The third-order valence-electron chi connectivity index (χ3n) is 6.20. The van der Waals surface area contributed by atoms with Gasteiger partial charge in [0.25, 0.3) is 0 Å². The lowest BCUT2D eigenvalue weighted by atomic mass is 9.80. The van der Waals surface area contributed by atoms with Crippen LogP contribution in [-0.4, -0.2) is 34.9 Å². The van der Waals surface area contributed by atoms with Crippen LogP contribution < -0.4 is 0 Å². The molecular weight excluding hydrogens is 256 g/mol. The van der Waals surface area contributed by atoms with Crippen molar-refractivity contribution in [1.82, 2.24) is 0 Å². The molecule has 19 heavy (non-hydrogen) atoms. The van der Waals surface area contributed by atoms with Crippen molar-refractivity contribution in [3.05, 3.63) is 0 Å². The lowest BCUT2D eigenvalue weighted by molar-refractivity contribution is -0.105. The molecule has 1 spiro atoms. The predicted octanol–water partition coefficient (Wildman–Crippen LogP) is 3.09. The molecular formula is C16H26O2S. The summed E-state index contributed by atoms with van der Waals surface area (Å²) in [5, 5.41) is 10.8. The topological polar surface area (TPSA) is 29.5 Å². The molecule has 0 amide bonds. The maximum absolute atomic E-state index is 10.8. The Labute approximate surface area is 120 Å². The quantitative estimate of drug-likeness (QED) is 0.844. The molecule has 0 aromatic carbocycles. The third-order valence-corrected chi connectivity index (χ3v) is 7.42. The molecule has 2 saturated carbocycles. The van der Waals surface area contributed by atoms with Gasteiger partial charge < -0.3 is 9.84 Å². The van der Waals surface area contributed by atoms with E-state index in [0.717, 1.165) is 37.0 Å². The van der Waals surface area contributed by atoms with Crippen LogP contribution in [0.5, 0.6) is 0 Å². The Morgan fingerprint density at radius 3 is 2.63 bits per heavy atom. The second kappa shape index (κ2) is 4.92. The Balaban J connectivity index is 1.41. The first kappa shape index (κ1) is 13.0. The second-order valence-electron chi connectivity index (χ2n) is 7.27. The summed E-state index contributed by atoms with van der Waals surface area (Å²) in [7, 11) is 0. The number of hydrogen-bond acceptors (Lipinski definition) is 3. The number of hydrogen-bond donors (Lipinski definition) is 1. The van der Waals surface area contributed by atoms with Crippen LogP contribution in [0.25, 0.3) is 0 Å². The summed E-state index contributed by atoms with van der Waals surface area (Å²) in [5.41, 5.74) is 0.134. The van der Waals surface area contributed by atoms with Crippen molar-refractivity contribution in [2.45, 2.75) is 56.7 Å². The number of ether oxygens (including phenoxy) is 1. The van der Waals surface area contributed by atoms with Gasteiger partial charge >= 0.3 is 0 Å². The van der Waals surface area contributed by atoms with Crippen LogP contribution in [0.1, 0.15) is 44.9 Å². The molecule has 4 rings (SSSR count). The van der Waals surface area contributed by atoms with Gasteiger partial charge in [-0.25, -0.2) is 0 Å². The highest BCUT2D eigenvalue weighted by atomic mass is 32.2. The van der Waals surface area contributed by atoms with Crippen molar-refractivity contribution >= 4 is 11.8 Å². The molecule has 2 heterocycles. The van der Waals surface area contributed by atoms with Crippen LogP contribution in [0.4, 0.5) is 0 Å². The first-order valence-electron chi connectivity index (χ1n) is 8.19. The van der Waals surface area contributed by atoms with E-state index >= 15 is 0 Å². The summed E-state index contributed by atoms with van der Waals surface area (Å²) in [4.78, 5) is 0. The monoisotopic (exact) mass is 282 g/mol. The number of thioether (sulfide) groups is 1. The number of aliphatic hydroxyl groups is 1. The summed E-state index contributed by atoms with van der Waals surface area (Å²) in [6.45, 7) is 0.879. The van der Waals surface area contributed by atoms with E-state index in [4.69, 9.17) is 4.74 Å². The lowest BCUT2D eigenvalue weighted by Crippen LogP contribution is -2.43. The highest BCUT2D eigenvalue weighted by Gasteiger charge is 2.56. The van der Waals surface area contributed by atoms with Crippen molar-refractivity contribution in [3.8, 4) is 0 Å². The van der Waals surface area contributed by atoms with E-state index in [-0.39, 0.29) is 11.7 Å². The summed E-state index contributed by atoms with van der Waals surface area (Å²) in [6.07, 6.45) is 8.96. The first-order valence-corrected chi connectivity index (χ1v) is 9.34. The van der Waals surface area contributed by atoms with Crippen molar-refractivity contribution in [2.75, 3.05) is 18.1 Å². The maximum atomic E-state index is 10.8. The minimum absolute atomic E-state index is 0.0283. The van der Waals surface area contributed by atoms with Gasteiger partial charge in [0.15, 0.2) is 0 Å². The zero-order valence-corrected chi connectivity index (χ0v) is 12.5. The highest BCUT2D eigenvalue weighted by molar-refractivity contribution is 7.99. The lowest BCUT2D eigenvalue weighted by Gasteiger charge is -2.39. The molecule has 5 atom stereocenters. The van der Waals surface area contributed by atoms with Gasteiger partial charge in [-0.2, -0.15) is 11.8 Å². The average Bonchev–Trinajstić information content (AvgIpc) is 3.02. The molecule has 2 saturated heterocycles. The van der Waals surface area contributed by atoms with Crippen LogP contribution >= 0.6 is 11.8 Å². The van der Waals surface area contributed by atoms with Crippen molar-refractivity contribution in [2.24, 2.45) is 23.7 Å². The van der Waals surface area contributed by atoms with E-state index in [9.17, 15) is 5.11 Å². The Bertz CT molecular complexity index is 328. The zero-order valence-electron chi connectivity index (χ0n) is 11.7. The molecule has 1 N–H and O–H groups in total. The third kappa shape index (κ3) is 2.26. The van der Waals surface area contributed by atoms with E-state index in [1.165, 1.54) is 37.9 Å². The summed E-state index contributed by atoms with van der Waals surface area (Å²) >= 11 is 2.03. The van der Waals surface area contributed by atoms with Gasteiger partial charge in [-0.05, 0) is 61.5 Å². The van der Waals surface area contributed by atoms with Gasteiger partial charge in [0.1, 0.15) is 0 Å². The maximum Gasteiger partial charge on any atom is 0.0783 e. The second-order valence-corrected chi connectivity index (χ2v) is 8.37. The number of rotatable bonds is 2. The molecule has 0 radical (unpaired) electrons. The standard InChI is InChI=1S/C16H26O2S/c17-15(14-12-3-1-2-4-13(12)14)11-5-7-18-16(9-11)6-8-19-10-16/h11-15,17H,1-10H2.